The summed E-state index contributed by atoms with van der Waals surface area (Å²) < 4.78 is 7.70. The van der Waals surface area contributed by atoms with E-state index in [0.717, 1.165) is 43.9 Å². The number of likely N-dealkylation sites (N-methyl/N-ethyl adjacent to an activating group) is 1. The van der Waals surface area contributed by atoms with E-state index in [1.807, 2.05) is 6.92 Å². The third kappa shape index (κ3) is 3.50. The van der Waals surface area contributed by atoms with Crippen molar-refractivity contribution in [3.05, 3.63) is 11.6 Å². The number of hydrogen-bond acceptors (Lipinski definition) is 5. The molecule has 0 radical (unpaired) electrons. The molecule has 0 unspecified atom stereocenters. The molecule has 1 aromatic heterocycles. The van der Waals surface area contributed by atoms with Crippen LogP contribution in [0, 0.1) is 12.8 Å². The van der Waals surface area contributed by atoms with Gasteiger partial charge in [-0.2, -0.15) is 0 Å². The molecule has 2 aliphatic heterocycles. The van der Waals surface area contributed by atoms with Crippen LogP contribution in [0.15, 0.2) is 0 Å². The van der Waals surface area contributed by atoms with Gasteiger partial charge in [0.15, 0.2) is 0 Å². The highest BCUT2D eigenvalue weighted by Gasteiger charge is 2.29. The molecule has 0 saturated carbocycles. The number of nitrogens with zero attached hydrogens (tertiary/aromatic N) is 5. The molecule has 22 heavy (non-hydrogen) atoms. The first-order chi connectivity index (χ1) is 10.7. The van der Waals surface area contributed by atoms with E-state index in [1.54, 1.807) is 0 Å². The first-order valence-electron chi connectivity index (χ1n) is 8.56. The van der Waals surface area contributed by atoms with Crippen LogP contribution in [0.2, 0.25) is 0 Å². The van der Waals surface area contributed by atoms with E-state index in [1.165, 1.54) is 32.5 Å². The molecule has 2 atom stereocenters. The Balaban J connectivity index is 1.51. The summed E-state index contributed by atoms with van der Waals surface area (Å²) in [7, 11) is 2.22. The summed E-state index contributed by atoms with van der Waals surface area (Å²) in [6.45, 7) is 11.5. The van der Waals surface area contributed by atoms with Gasteiger partial charge in [0.2, 0.25) is 0 Å². The molecule has 6 nitrogen and oxygen atoms in total. The Morgan fingerprint density at radius 3 is 2.91 bits per heavy atom. The second-order valence-corrected chi connectivity index (χ2v) is 6.75. The lowest BCUT2D eigenvalue weighted by Gasteiger charge is -2.25. The summed E-state index contributed by atoms with van der Waals surface area (Å²) in [5, 5.41) is 8.55. The lowest BCUT2D eigenvalue weighted by molar-refractivity contribution is 0.168. The van der Waals surface area contributed by atoms with Crippen LogP contribution in [0.1, 0.15) is 31.4 Å². The highest BCUT2D eigenvalue weighted by molar-refractivity contribution is 4.95. The Kier molecular flexibility index (Phi) is 5.10. The second-order valence-electron chi connectivity index (χ2n) is 6.75. The molecular weight excluding hydrogens is 278 g/mol. The van der Waals surface area contributed by atoms with Gasteiger partial charge in [0, 0.05) is 32.3 Å². The van der Waals surface area contributed by atoms with Gasteiger partial charge < -0.3 is 14.2 Å². The fourth-order valence-electron chi connectivity index (χ4n) is 3.74. The van der Waals surface area contributed by atoms with Crippen LogP contribution in [-0.4, -0.2) is 70.5 Å². The van der Waals surface area contributed by atoms with Crippen molar-refractivity contribution < 1.29 is 4.74 Å². The molecule has 2 aliphatic rings. The van der Waals surface area contributed by atoms with Crippen LogP contribution in [0.5, 0.6) is 0 Å². The normalized spacial score (nSPS) is 26.4. The van der Waals surface area contributed by atoms with E-state index < -0.39 is 0 Å². The van der Waals surface area contributed by atoms with Crippen molar-refractivity contribution in [3.63, 3.8) is 0 Å². The predicted octanol–water partition coefficient (Wildman–Crippen LogP) is 1.15. The van der Waals surface area contributed by atoms with Crippen molar-refractivity contribution in [2.24, 2.45) is 5.92 Å². The Morgan fingerprint density at radius 1 is 1.32 bits per heavy atom. The number of aromatic nitrogens is 3. The molecule has 0 aliphatic carbocycles. The Hall–Kier alpha value is -0.980. The van der Waals surface area contributed by atoms with Gasteiger partial charge in [-0.1, -0.05) is 0 Å². The van der Waals surface area contributed by atoms with Gasteiger partial charge in [0.1, 0.15) is 11.6 Å². The minimum absolute atomic E-state index is 0.629. The molecule has 0 aromatic carbocycles. The molecule has 0 spiro atoms. The molecule has 3 rings (SSSR count). The van der Waals surface area contributed by atoms with Crippen LogP contribution in [0.4, 0.5) is 0 Å². The van der Waals surface area contributed by atoms with E-state index in [2.05, 4.69) is 38.5 Å². The van der Waals surface area contributed by atoms with Crippen LogP contribution >= 0.6 is 0 Å². The summed E-state index contributed by atoms with van der Waals surface area (Å²) in [6, 6.07) is 0.629. The maximum atomic E-state index is 5.49. The number of aryl methyl sites for hydroxylation is 1. The molecule has 0 bridgehead atoms. The Morgan fingerprint density at radius 2 is 2.18 bits per heavy atom. The van der Waals surface area contributed by atoms with Gasteiger partial charge in [-0.15, -0.1) is 10.2 Å². The molecule has 0 N–H and O–H groups in total. The SMILES string of the molecule is CCn1c(C)nnc1CN(C)[C@@H]1CCN(C[C@@H]2CCOC2)C1. The van der Waals surface area contributed by atoms with Crippen molar-refractivity contribution in [2.45, 2.75) is 45.8 Å². The van der Waals surface area contributed by atoms with Crippen LogP contribution in [0.3, 0.4) is 0 Å². The molecule has 2 fully saturated rings. The van der Waals surface area contributed by atoms with E-state index in [0.29, 0.717) is 6.04 Å². The van der Waals surface area contributed by atoms with E-state index in [-0.39, 0.29) is 0 Å². The molecule has 6 heteroatoms. The van der Waals surface area contributed by atoms with Gasteiger partial charge in [-0.25, -0.2) is 0 Å². The van der Waals surface area contributed by atoms with Crippen molar-refractivity contribution in [2.75, 3.05) is 39.9 Å². The summed E-state index contributed by atoms with van der Waals surface area (Å²) in [4.78, 5) is 5.05. The predicted molar refractivity (Wildman–Crippen MR) is 85.7 cm³/mol. The third-order valence-electron chi connectivity index (χ3n) is 5.13. The molecule has 124 valence electrons. The fraction of sp³-hybridized carbons (Fsp3) is 0.875. The summed E-state index contributed by atoms with van der Waals surface area (Å²) in [6.07, 6.45) is 2.49. The minimum Gasteiger partial charge on any atom is -0.381 e. The smallest absolute Gasteiger partial charge is 0.147 e. The first-order valence-corrected chi connectivity index (χ1v) is 8.56. The highest BCUT2D eigenvalue weighted by atomic mass is 16.5. The summed E-state index contributed by atoms with van der Waals surface area (Å²) >= 11 is 0. The van der Waals surface area contributed by atoms with Gasteiger partial charge >= 0.3 is 0 Å². The molecule has 0 amide bonds. The average Bonchev–Trinajstić information content (AvgIpc) is 3.22. The lowest BCUT2D eigenvalue weighted by atomic mass is 10.1. The summed E-state index contributed by atoms with van der Waals surface area (Å²) in [5.41, 5.74) is 0. The third-order valence-corrected chi connectivity index (χ3v) is 5.13. The molecule has 1 aromatic rings. The monoisotopic (exact) mass is 307 g/mol. The van der Waals surface area contributed by atoms with E-state index in [4.69, 9.17) is 4.74 Å². The minimum atomic E-state index is 0.629. The Bertz CT molecular complexity index is 483. The van der Waals surface area contributed by atoms with Crippen LogP contribution in [0.25, 0.3) is 0 Å². The average molecular weight is 307 g/mol. The zero-order chi connectivity index (χ0) is 15.5. The van der Waals surface area contributed by atoms with Crippen LogP contribution in [-0.2, 0) is 17.8 Å². The summed E-state index contributed by atoms with van der Waals surface area (Å²) in [5.74, 6) is 2.85. The standard InChI is InChI=1S/C16H29N5O/c1-4-21-13(2)17-18-16(21)11-19(3)15-5-7-20(10-15)9-14-6-8-22-12-14/h14-15H,4-12H2,1-3H3/t14-,15+/m0/s1. The largest absolute Gasteiger partial charge is 0.381 e. The Labute approximate surface area is 133 Å². The van der Waals surface area contributed by atoms with Gasteiger partial charge in [-0.05, 0) is 46.2 Å². The zero-order valence-electron chi connectivity index (χ0n) is 14.2. The maximum Gasteiger partial charge on any atom is 0.147 e. The van der Waals surface area contributed by atoms with Gasteiger partial charge in [0.25, 0.3) is 0 Å². The van der Waals surface area contributed by atoms with Crippen molar-refractivity contribution in [1.82, 2.24) is 24.6 Å². The lowest BCUT2D eigenvalue weighted by Crippen LogP contribution is -2.36. The van der Waals surface area contributed by atoms with Gasteiger partial charge in [-0.3, -0.25) is 4.90 Å². The van der Waals surface area contributed by atoms with Gasteiger partial charge in [0.05, 0.1) is 13.2 Å². The number of likely N-dealkylation sites (tertiary alicyclic amines) is 1. The second kappa shape index (κ2) is 7.06. The maximum absolute atomic E-state index is 5.49. The number of rotatable bonds is 6. The quantitative estimate of drug-likeness (QED) is 0.789. The number of hydrogen-bond donors (Lipinski definition) is 0. The molecule has 2 saturated heterocycles. The van der Waals surface area contributed by atoms with Crippen molar-refractivity contribution >= 4 is 0 Å². The fourth-order valence-corrected chi connectivity index (χ4v) is 3.74. The number of ether oxygens (including phenoxy) is 1. The topological polar surface area (TPSA) is 46.4 Å². The van der Waals surface area contributed by atoms with Crippen LogP contribution < -0.4 is 0 Å². The van der Waals surface area contributed by atoms with Crippen molar-refractivity contribution in [1.29, 1.82) is 0 Å². The van der Waals surface area contributed by atoms with E-state index in [9.17, 15) is 0 Å². The zero-order valence-corrected chi connectivity index (χ0v) is 14.2. The highest BCUT2D eigenvalue weighted by Crippen LogP contribution is 2.20. The van der Waals surface area contributed by atoms with Crippen molar-refractivity contribution in [3.8, 4) is 0 Å². The first kappa shape index (κ1) is 15.9. The molecule has 3 heterocycles. The molecular formula is C16H29N5O. The van der Waals surface area contributed by atoms with E-state index >= 15 is 0 Å².